The summed E-state index contributed by atoms with van der Waals surface area (Å²) >= 11 is 1.62. The Morgan fingerprint density at radius 3 is 1.52 bits per heavy atom. The van der Waals surface area contributed by atoms with Crippen molar-refractivity contribution < 1.29 is 125 Å². The fourth-order valence-corrected chi connectivity index (χ4v) is 19.7. The number of ether oxygens (including phenoxy) is 8. The van der Waals surface area contributed by atoms with E-state index in [0.29, 0.717) is 56.1 Å². The van der Waals surface area contributed by atoms with Crippen LogP contribution >= 0.6 is 36.4 Å². The SMILES string of the molecule is CC(=O)[C@H](O)[C@@H](O)C(=O)[O-].CO[C@H]1C(O[P@](=O)(OC[C@H]2O[C@@H]([n+]3c[nH]c4c(N)ncnc43)CC2O)SCc2ccc(OC(=O)c3ccc(C)cc3)cc2)[C@@H](CO)O[C@H]1n1ccc(=O)[nH]c1=O.CO[C@H]1C(O[P@](=O)(OC[C@H]2O[C@@H](n3cnc4c(N)ncnc43)CC2O)SCc2ccc(OC(=O)c3ccc(C)cc3)cc2)[C@@H](CO)O[C@H]1n1ccc(=O)[nH]c1=O. The first-order valence-electron chi connectivity index (χ1n) is 37.1. The Kier molecular flexibility index (Phi) is 29.9. The molecule has 4 fully saturated rings. The van der Waals surface area contributed by atoms with Gasteiger partial charge in [0.2, 0.25) is 5.52 Å². The van der Waals surface area contributed by atoms with Crippen molar-refractivity contribution in [3.63, 3.8) is 0 Å². The largest absolute Gasteiger partial charge is 0.547 e. The van der Waals surface area contributed by atoms with Crippen LogP contribution in [0.3, 0.4) is 0 Å². The molecule has 0 bridgehead atoms. The summed E-state index contributed by atoms with van der Waals surface area (Å²) in [4.78, 5) is 122. The summed E-state index contributed by atoms with van der Waals surface area (Å²) in [5, 5.41) is 69.4. The first-order valence-corrected chi connectivity index (χ1v) is 43.4. The molecule has 14 rings (SSSR count). The number of fused-ring (bicyclic) bond motifs is 2. The van der Waals surface area contributed by atoms with Gasteiger partial charge in [0, 0.05) is 63.1 Å². The molecule has 10 aromatic rings. The molecule has 47 heteroatoms. The zero-order valence-corrected chi connectivity index (χ0v) is 68.6. The number of carboxylic acid groups (broad SMARTS) is 1. The number of aryl methyl sites for hydroxylation is 2. The van der Waals surface area contributed by atoms with Crippen LogP contribution in [0.1, 0.15) is 87.6 Å². The molecule has 10 heterocycles. The van der Waals surface area contributed by atoms with Gasteiger partial charge in [-0.15, -0.1) is 0 Å². The maximum absolute atomic E-state index is 14.8. The molecular weight excluding hydrogens is 1690 g/mol. The number of rotatable bonds is 31. The second kappa shape index (κ2) is 40.2. The lowest BCUT2D eigenvalue weighted by molar-refractivity contribution is -0.738. The second-order valence-corrected chi connectivity index (χ2v) is 35.9. The minimum atomic E-state index is -4.29. The number of hydrogen-bond donors (Lipinski definition) is 11. The van der Waals surface area contributed by atoms with Crippen LogP contribution in [0.25, 0.3) is 22.3 Å². The molecule has 6 aromatic heterocycles. The Morgan fingerprint density at radius 1 is 0.598 bits per heavy atom. The van der Waals surface area contributed by atoms with Crippen molar-refractivity contribution in [2.45, 2.75) is 143 Å². The maximum Gasteiger partial charge on any atom is 0.389 e. The number of benzene rings is 4. The number of carboxylic acids is 1. The molecule has 0 spiro atoms. The fourth-order valence-electron chi connectivity index (χ4n) is 13.0. The number of aliphatic hydroxyl groups is 6. The van der Waals surface area contributed by atoms with E-state index in [1.165, 1.54) is 45.6 Å². The van der Waals surface area contributed by atoms with E-state index in [-0.39, 0.29) is 42.6 Å². The summed E-state index contributed by atoms with van der Waals surface area (Å²) in [6.45, 7) is -5.78. The van der Waals surface area contributed by atoms with Gasteiger partial charge >= 0.3 is 42.6 Å². The Hall–Kier alpha value is -10.5. The number of anilines is 2. The van der Waals surface area contributed by atoms with Crippen molar-refractivity contribution in [3.05, 3.63) is 222 Å². The highest BCUT2D eigenvalue weighted by Crippen LogP contribution is 2.65. The highest BCUT2D eigenvalue weighted by atomic mass is 32.7. The summed E-state index contributed by atoms with van der Waals surface area (Å²) < 4.78 is 106. The molecule has 122 heavy (non-hydrogen) atoms. The van der Waals surface area contributed by atoms with Gasteiger partial charge in [0.05, 0.1) is 62.1 Å². The highest BCUT2D eigenvalue weighted by molar-refractivity contribution is 8.55. The smallest absolute Gasteiger partial charge is 0.389 e. The van der Waals surface area contributed by atoms with Crippen molar-refractivity contribution in [1.82, 2.24) is 53.6 Å². The molecule has 43 nitrogen and oxygen atoms in total. The van der Waals surface area contributed by atoms with Gasteiger partial charge in [-0.05, 0) is 103 Å². The summed E-state index contributed by atoms with van der Waals surface area (Å²) in [6.07, 6.45) is -10.5. The number of nitrogen functional groups attached to an aromatic ring is 2. The summed E-state index contributed by atoms with van der Waals surface area (Å²) in [7, 11) is 2.64. The fraction of sp³-hybridized carbons (Fsp3) is 0.387. The topological polar surface area (TPSA) is 608 Å². The standard InChI is InChI=1S/2C35H38N7O12PS.C5H8O5/c2*1-19-3-7-21(8-4-19)34(46)51-22-9-5-20(6-10-22)16-56-55(48,54-29-24(14-43)53-33(30(29)49-2)41-12-11-26(45)40-35(41)47)50-15-25-23(44)13-27(52-25)42-18-39-28-31(36)37-17-38-32(28)42;1-2(6)3(7)4(8)5(9)10/h3-12,17-18,23-25,27,29-30,33,43-44H,13-16H2,1-2H3,(H2,36,37,38)(H,40,45,47);3-12,17-18,23-25,27,29-30,33,43-44H,13-16H2,1-2H3,(H3,36,37,38,40,45,47);3-4,7-8H,1H3,(H,9,10)/t2*23?,24-,25-,27-,29?,30+,33-,55+;3-,4+/m110/s1. The molecule has 4 aliphatic rings. The molecule has 0 saturated carbocycles. The number of aliphatic hydroxyl groups excluding tert-OH is 6. The van der Waals surface area contributed by atoms with Crippen molar-refractivity contribution in [2.75, 3.05) is 52.1 Å². The normalized spacial score (nSPS) is 24.0. The Morgan fingerprint density at radius 2 is 1.07 bits per heavy atom. The average Bonchev–Trinajstić information content (AvgIpc) is 1.69. The predicted octanol–water partition coefficient (Wildman–Crippen LogP) is 1.43. The molecule has 0 amide bonds. The zero-order chi connectivity index (χ0) is 87.4. The van der Waals surface area contributed by atoms with E-state index >= 15 is 0 Å². The van der Waals surface area contributed by atoms with Crippen LogP contribution in [0, 0.1) is 13.8 Å². The van der Waals surface area contributed by atoms with Crippen molar-refractivity contribution in [1.29, 1.82) is 0 Å². The molecule has 4 saturated heterocycles. The van der Waals surface area contributed by atoms with E-state index in [2.05, 4.69) is 39.9 Å². The molecule has 0 aliphatic carbocycles. The van der Waals surface area contributed by atoms with E-state index in [1.54, 1.807) is 88.3 Å². The third-order valence-electron chi connectivity index (χ3n) is 19.5. The van der Waals surface area contributed by atoms with Crippen LogP contribution in [-0.4, -0.2) is 222 Å². The number of H-pyrrole nitrogens is 3. The van der Waals surface area contributed by atoms with E-state index in [0.717, 1.165) is 62.1 Å². The number of nitrogens with zero attached hydrogens (tertiary/aromatic N) is 9. The molecule has 13 N–H and O–H groups in total. The third kappa shape index (κ3) is 21.8. The Balaban J connectivity index is 0.000000200. The van der Waals surface area contributed by atoms with E-state index < -0.39 is 178 Å². The van der Waals surface area contributed by atoms with Gasteiger partial charge in [0.1, 0.15) is 90.6 Å². The molecule has 18 atom stereocenters. The summed E-state index contributed by atoms with van der Waals surface area (Å²) in [6, 6.07) is 29.3. The molecule has 4 aliphatic heterocycles. The number of aliphatic carboxylic acids is 1. The maximum atomic E-state index is 14.8. The quantitative estimate of drug-likeness (QED) is 0.0127. The number of carbonyl (C=O) groups is 4. The predicted molar refractivity (Wildman–Crippen MR) is 426 cm³/mol. The first-order chi connectivity index (χ1) is 58.4. The van der Waals surface area contributed by atoms with Crippen LogP contribution in [0.15, 0.2) is 166 Å². The van der Waals surface area contributed by atoms with Crippen LogP contribution in [0.2, 0.25) is 0 Å². The molecule has 650 valence electrons. The van der Waals surface area contributed by atoms with Crippen LogP contribution in [-0.2, 0) is 76.7 Å². The highest BCUT2D eigenvalue weighted by Gasteiger charge is 2.53. The zero-order valence-electron chi connectivity index (χ0n) is 65.2. The van der Waals surface area contributed by atoms with Gasteiger partial charge in [-0.25, -0.2) is 47.8 Å². The van der Waals surface area contributed by atoms with Crippen LogP contribution in [0.4, 0.5) is 11.6 Å². The van der Waals surface area contributed by atoms with Gasteiger partial charge in [0.15, 0.2) is 54.4 Å². The van der Waals surface area contributed by atoms with Gasteiger partial charge in [0.25, 0.3) is 11.1 Å². The van der Waals surface area contributed by atoms with Gasteiger partial charge in [-0.2, -0.15) is 4.98 Å². The lowest BCUT2D eigenvalue weighted by Crippen LogP contribution is -2.46. The van der Waals surface area contributed by atoms with Gasteiger partial charge in [-0.1, -0.05) is 64.6 Å². The summed E-state index contributed by atoms with van der Waals surface area (Å²) in [5.41, 5.74) is 14.9. The second-order valence-electron chi connectivity index (χ2n) is 27.8. The van der Waals surface area contributed by atoms with E-state index in [4.69, 9.17) is 77.7 Å². The van der Waals surface area contributed by atoms with E-state index in [9.17, 15) is 73.0 Å². The lowest BCUT2D eigenvalue weighted by atomic mass is 10.1. The average molecular weight is 1770 g/mol. The number of hydrogen-bond acceptors (Lipinski definition) is 38. The van der Waals surface area contributed by atoms with Gasteiger partial charge < -0.3 is 89.9 Å². The number of Topliss-reactive ketones (excluding diaryl/α,β-unsaturated/α-hetero) is 1. The number of aromatic amines is 3. The Bertz CT molecular complexity index is 5350. The third-order valence-corrected chi connectivity index (χ3v) is 26.8. The lowest BCUT2D eigenvalue weighted by Gasteiger charge is -2.28. The number of aromatic nitrogens is 12. The number of methoxy groups -OCH3 is 2. The number of imidazole rings is 2. The van der Waals surface area contributed by atoms with Crippen molar-refractivity contribution >= 4 is 94.0 Å². The Labute approximate surface area is 697 Å². The van der Waals surface area contributed by atoms with E-state index in [1.807, 2.05) is 38.1 Å². The number of nitrogens with two attached hydrogens (primary N) is 2. The summed E-state index contributed by atoms with van der Waals surface area (Å²) in [5.74, 6) is -2.57. The molecule has 4 aromatic carbocycles. The minimum absolute atomic E-state index is 0.0696. The number of esters is 2. The number of nitrogens with one attached hydrogen (secondary N) is 3. The number of ketones is 1. The van der Waals surface area contributed by atoms with Crippen LogP contribution < -0.4 is 53.1 Å². The minimum Gasteiger partial charge on any atom is -0.547 e. The monoisotopic (exact) mass is 1770 g/mol. The van der Waals surface area contributed by atoms with Gasteiger partial charge in [-0.3, -0.25) is 61.1 Å². The van der Waals surface area contributed by atoms with Crippen molar-refractivity contribution in [2.24, 2.45) is 0 Å². The molecular formula is C75H84N14O29P2S2. The van der Waals surface area contributed by atoms with Crippen molar-refractivity contribution in [3.8, 4) is 11.5 Å². The first kappa shape index (κ1) is 90.8. The molecule has 0 radical (unpaired) electrons. The number of carbonyl (C=O) groups excluding carboxylic acids is 4. The molecule has 4 unspecified atom stereocenters. The van der Waals surface area contributed by atoms with Crippen LogP contribution in [0.5, 0.6) is 11.5 Å².